The summed E-state index contributed by atoms with van der Waals surface area (Å²) in [6.07, 6.45) is 0. The van der Waals surface area contributed by atoms with Gasteiger partial charge in [0.15, 0.2) is 0 Å². The highest BCUT2D eigenvalue weighted by atomic mass is 79.9. The van der Waals surface area contributed by atoms with Crippen LogP contribution in [0.4, 0.5) is 0 Å². The summed E-state index contributed by atoms with van der Waals surface area (Å²) >= 11 is 8.28. The maximum atomic E-state index is 12.1. The van der Waals surface area contributed by atoms with Crippen molar-refractivity contribution in [2.24, 2.45) is 0 Å². The first-order valence-electron chi connectivity index (χ1n) is 5.30. The lowest BCUT2D eigenvalue weighted by Gasteiger charge is -2.16. The van der Waals surface area contributed by atoms with E-state index in [1.165, 1.54) is 11.3 Å². The first-order valence-corrected chi connectivity index (χ1v) is 7.77. The Labute approximate surface area is 127 Å². The molecule has 0 unspecified atom stereocenters. The molecule has 18 heavy (non-hydrogen) atoms. The number of hydrogen-bond acceptors (Lipinski definition) is 2. The third-order valence-corrected chi connectivity index (χ3v) is 4.53. The largest absolute Gasteiger partial charge is 0.337 e. The molecule has 0 atom stereocenters. The van der Waals surface area contributed by atoms with Gasteiger partial charge in [-0.15, -0.1) is 11.3 Å². The molecule has 1 aromatic carbocycles. The Morgan fingerprint density at radius 3 is 2.50 bits per heavy atom. The quantitative estimate of drug-likeness (QED) is 0.755. The van der Waals surface area contributed by atoms with Gasteiger partial charge in [0.05, 0.1) is 9.35 Å². The molecular weight excluding hydrogens is 378 g/mol. The summed E-state index contributed by atoms with van der Waals surface area (Å²) in [5, 5.41) is 1.87. The van der Waals surface area contributed by atoms with Gasteiger partial charge >= 0.3 is 0 Å². The topological polar surface area (TPSA) is 20.3 Å². The first-order chi connectivity index (χ1) is 8.56. The third kappa shape index (κ3) is 3.43. The van der Waals surface area contributed by atoms with Gasteiger partial charge in [-0.1, -0.05) is 28.1 Å². The van der Waals surface area contributed by atoms with Crippen LogP contribution in [0.5, 0.6) is 0 Å². The van der Waals surface area contributed by atoms with E-state index in [4.69, 9.17) is 0 Å². The molecule has 0 saturated carbocycles. The average Bonchev–Trinajstić information content (AvgIpc) is 2.78. The lowest BCUT2D eigenvalue weighted by atomic mass is 10.2. The van der Waals surface area contributed by atoms with Crippen molar-refractivity contribution in [2.75, 3.05) is 7.05 Å². The van der Waals surface area contributed by atoms with E-state index in [0.29, 0.717) is 6.54 Å². The molecule has 1 aromatic heterocycles. The molecule has 5 heteroatoms. The number of halogens is 2. The van der Waals surface area contributed by atoms with Crippen molar-refractivity contribution >= 4 is 49.1 Å². The van der Waals surface area contributed by atoms with Gasteiger partial charge in [-0.2, -0.15) is 0 Å². The second-order valence-corrected chi connectivity index (χ2v) is 7.13. The Kier molecular flexibility index (Phi) is 4.59. The molecule has 2 rings (SSSR count). The molecule has 0 fully saturated rings. The molecule has 94 valence electrons. The van der Waals surface area contributed by atoms with Gasteiger partial charge in [0.2, 0.25) is 0 Å². The third-order valence-electron chi connectivity index (χ3n) is 2.49. The van der Waals surface area contributed by atoms with Crippen molar-refractivity contribution in [2.45, 2.75) is 6.54 Å². The standard InChI is InChI=1S/C13H11Br2NOS/c1-16(7-9-2-4-11(14)5-3-9)13(17)10-6-12(15)18-8-10/h2-6,8H,7H2,1H3. The molecule has 0 aliphatic heterocycles. The molecule has 0 radical (unpaired) electrons. The molecule has 0 aliphatic rings. The summed E-state index contributed by atoms with van der Waals surface area (Å²) in [6.45, 7) is 0.611. The van der Waals surface area contributed by atoms with Crippen LogP contribution in [0.1, 0.15) is 15.9 Å². The lowest BCUT2D eigenvalue weighted by molar-refractivity contribution is 0.0785. The average molecular weight is 389 g/mol. The van der Waals surface area contributed by atoms with Crippen LogP contribution in [0.25, 0.3) is 0 Å². The fourth-order valence-electron chi connectivity index (χ4n) is 1.58. The summed E-state index contributed by atoms with van der Waals surface area (Å²) < 4.78 is 2.02. The predicted octanol–water partition coefficient (Wildman–Crippen LogP) is 4.55. The zero-order valence-corrected chi connectivity index (χ0v) is 13.7. The molecular formula is C13H11Br2NOS. The van der Waals surface area contributed by atoms with Crippen LogP contribution in [-0.4, -0.2) is 17.9 Å². The van der Waals surface area contributed by atoms with Crippen LogP contribution in [-0.2, 0) is 6.54 Å². The molecule has 2 nitrogen and oxygen atoms in total. The van der Waals surface area contributed by atoms with E-state index >= 15 is 0 Å². The number of hydrogen-bond donors (Lipinski definition) is 0. The second-order valence-electron chi connectivity index (χ2n) is 3.93. The molecule has 0 N–H and O–H groups in total. The van der Waals surface area contributed by atoms with Crippen LogP contribution in [0.3, 0.4) is 0 Å². The van der Waals surface area contributed by atoms with Crippen LogP contribution in [0.15, 0.2) is 44.0 Å². The number of amides is 1. The number of nitrogens with zero attached hydrogens (tertiary/aromatic N) is 1. The minimum atomic E-state index is 0.0415. The van der Waals surface area contributed by atoms with Crippen LogP contribution in [0, 0.1) is 0 Å². The Hall–Kier alpha value is -0.650. The van der Waals surface area contributed by atoms with E-state index in [1.54, 1.807) is 4.90 Å². The van der Waals surface area contributed by atoms with E-state index < -0.39 is 0 Å². The zero-order chi connectivity index (χ0) is 13.1. The monoisotopic (exact) mass is 387 g/mol. The van der Waals surface area contributed by atoms with E-state index in [9.17, 15) is 4.79 Å². The Balaban J connectivity index is 2.05. The van der Waals surface area contributed by atoms with Gasteiger partial charge in [0.25, 0.3) is 5.91 Å². The van der Waals surface area contributed by atoms with Gasteiger partial charge in [0.1, 0.15) is 0 Å². The highest BCUT2D eigenvalue weighted by Gasteiger charge is 2.13. The smallest absolute Gasteiger partial charge is 0.254 e. The highest BCUT2D eigenvalue weighted by molar-refractivity contribution is 9.11. The number of carbonyl (C=O) groups is 1. The Morgan fingerprint density at radius 1 is 1.28 bits per heavy atom. The molecule has 0 bridgehead atoms. The molecule has 2 aromatic rings. The van der Waals surface area contributed by atoms with Crippen molar-refractivity contribution in [1.82, 2.24) is 4.90 Å². The lowest BCUT2D eigenvalue weighted by Crippen LogP contribution is -2.25. The number of thiophene rings is 1. The van der Waals surface area contributed by atoms with Crippen molar-refractivity contribution in [3.05, 3.63) is 55.1 Å². The molecule has 0 spiro atoms. The molecule has 0 saturated heterocycles. The molecule has 1 amide bonds. The molecule has 1 heterocycles. The Bertz CT molecular complexity index is 550. The summed E-state index contributed by atoms with van der Waals surface area (Å²) in [7, 11) is 1.82. The van der Waals surface area contributed by atoms with Gasteiger partial charge in [-0.25, -0.2) is 0 Å². The minimum absolute atomic E-state index is 0.0415. The zero-order valence-electron chi connectivity index (χ0n) is 9.69. The maximum absolute atomic E-state index is 12.1. The fraction of sp³-hybridized carbons (Fsp3) is 0.154. The maximum Gasteiger partial charge on any atom is 0.254 e. The summed E-state index contributed by atoms with van der Waals surface area (Å²) in [4.78, 5) is 13.9. The highest BCUT2D eigenvalue weighted by Crippen LogP contribution is 2.22. The Morgan fingerprint density at radius 2 is 1.94 bits per heavy atom. The minimum Gasteiger partial charge on any atom is -0.337 e. The van der Waals surface area contributed by atoms with E-state index in [-0.39, 0.29) is 5.91 Å². The predicted molar refractivity (Wildman–Crippen MR) is 82.0 cm³/mol. The summed E-state index contributed by atoms with van der Waals surface area (Å²) in [5.41, 5.74) is 1.84. The van der Waals surface area contributed by atoms with Crippen molar-refractivity contribution in [1.29, 1.82) is 0 Å². The SMILES string of the molecule is CN(Cc1ccc(Br)cc1)C(=O)c1csc(Br)c1. The van der Waals surface area contributed by atoms with Gasteiger partial charge in [-0.05, 0) is 39.7 Å². The molecule has 0 aliphatic carbocycles. The van der Waals surface area contributed by atoms with E-state index in [1.807, 2.05) is 42.8 Å². The van der Waals surface area contributed by atoms with E-state index in [2.05, 4.69) is 31.9 Å². The van der Waals surface area contributed by atoms with Crippen molar-refractivity contribution in [3.63, 3.8) is 0 Å². The normalized spacial score (nSPS) is 10.4. The summed E-state index contributed by atoms with van der Waals surface area (Å²) in [6, 6.07) is 9.84. The fourth-order valence-corrected chi connectivity index (χ4v) is 2.97. The van der Waals surface area contributed by atoms with Gasteiger partial charge < -0.3 is 4.90 Å². The van der Waals surface area contributed by atoms with Crippen molar-refractivity contribution in [3.8, 4) is 0 Å². The van der Waals surface area contributed by atoms with Crippen LogP contribution < -0.4 is 0 Å². The van der Waals surface area contributed by atoms with Crippen LogP contribution in [0.2, 0.25) is 0 Å². The van der Waals surface area contributed by atoms with Gasteiger partial charge in [-0.3, -0.25) is 4.79 Å². The van der Waals surface area contributed by atoms with Crippen LogP contribution >= 0.6 is 43.2 Å². The van der Waals surface area contributed by atoms with Gasteiger partial charge in [0, 0.05) is 23.4 Å². The number of benzene rings is 1. The second kappa shape index (κ2) is 5.99. The van der Waals surface area contributed by atoms with E-state index in [0.717, 1.165) is 19.4 Å². The first kappa shape index (κ1) is 13.8. The number of rotatable bonds is 3. The summed E-state index contributed by atoms with van der Waals surface area (Å²) in [5.74, 6) is 0.0415. The van der Waals surface area contributed by atoms with Crippen molar-refractivity contribution < 1.29 is 4.79 Å². The number of carbonyl (C=O) groups excluding carboxylic acids is 1.